The maximum absolute atomic E-state index is 9.29. The molecule has 0 saturated carbocycles. The number of nitriles is 1. The van der Waals surface area contributed by atoms with Crippen LogP contribution in [0.1, 0.15) is 48.9 Å². The van der Waals surface area contributed by atoms with E-state index in [9.17, 15) is 5.26 Å². The number of benzene rings is 6. The van der Waals surface area contributed by atoms with Crippen LogP contribution in [0, 0.1) is 11.3 Å². The van der Waals surface area contributed by atoms with E-state index in [1.807, 2.05) is 6.08 Å². The Balaban J connectivity index is 1.17. The van der Waals surface area contributed by atoms with Gasteiger partial charge in [0.05, 0.1) is 17.1 Å². The lowest BCUT2D eigenvalue weighted by Crippen LogP contribution is -2.19. The fraction of sp³-hybridized carbons (Fsp3) is 0.128. The van der Waals surface area contributed by atoms with Crippen LogP contribution < -0.4 is 4.90 Å². The Kier molecular flexibility index (Phi) is 7.07. The van der Waals surface area contributed by atoms with Crippen molar-refractivity contribution in [2.45, 2.75) is 38.6 Å². The number of para-hydroxylation sites is 2. The van der Waals surface area contributed by atoms with Crippen LogP contribution in [-0.4, -0.2) is 4.57 Å². The zero-order valence-electron chi connectivity index (χ0n) is 28.4. The molecular formula is C47H37N3. The second-order valence-corrected chi connectivity index (χ2v) is 14.1. The average Bonchev–Trinajstić information content (AvgIpc) is 3.62. The van der Waals surface area contributed by atoms with Gasteiger partial charge >= 0.3 is 0 Å². The summed E-state index contributed by atoms with van der Waals surface area (Å²) in [7, 11) is 0. The van der Waals surface area contributed by atoms with Gasteiger partial charge in [-0.15, -0.1) is 0 Å². The summed E-state index contributed by atoms with van der Waals surface area (Å²) in [6.45, 7) is 5.43. The van der Waals surface area contributed by atoms with E-state index in [1.54, 1.807) is 0 Å². The molecule has 2 aliphatic rings. The van der Waals surface area contributed by atoms with Crippen molar-refractivity contribution in [1.82, 2.24) is 4.57 Å². The highest BCUT2D eigenvalue weighted by Gasteiger charge is 2.35. The van der Waals surface area contributed by atoms with Crippen LogP contribution >= 0.6 is 0 Å². The normalized spacial score (nSPS) is 14.5. The van der Waals surface area contributed by atoms with Crippen molar-refractivity contribution in [2.75, 3.05) is 4.90 Å². The Morgan fingerprint density at radius 2 is 1.34 bits per heavy atom. The second kappa shape index (κ2) is 11.8. The topological polar surface area (TPSA) is 32.0 Å². The molecule has 0 N–H and O–H groups in total. The molecule has 50 heavy (non-hydrogen) atoms. The Morgan fingerprint density at radius 3 is 2.14 bits per heavy atom. The van der Waals surface area contributed by atoms with E-state index >= 15 is 0 Å². The summed E-state index contributed by atoms with van der Waals surface area (Å²) in [5.41, 5.74) is 15.9. The molecule has 0 atom stereocenters. The molecule has 0 fully saturated rings. The SMILES string of the molecule is CC1(C)c2ccccc2-c2ccc(N(Cc3ccc(C4=CC=C(C#N)CC4)cc3)c3ccc4c(c3)c3ccccc3n4-c3ccccc3)cc21. The van der Waals surface area contributed by atoms with Gasteiger partial charge in [0.2, 0.25) is 0 Å². The first kappa shape index (κ1) is 30.0. The molecule has 240 valence electrons. The van der Waals surface area contributed by atoms with Crippen LogP contribution in [0.4, 0.5) is 11.4 Å². The molecule has 7 aromatic rings. The minimum atomic E-state index is -0.0874. The lowest BCUT2D eigenvalue weighted by atomic mass is 9.82. The third-order valence-corrected chi connectivity index (χ3v) is 10.8. The van der Waals surface area contributed by atoms with Crippen molar-refractivity contribution in [1.29, 1.82) is 5.26 Å². The first-order valence-electron chi connectivity index (χ1n) is 17.5. The summed E-state index contributed by atoms with van der Waals surface area (Å²) >= 11 is 0. The zero-order valence-corrected chi connectivity index (χ0v) is 28.4. The minimum Gasteiger partial charge on any atom is -0.337 e. The van der Waals surface area contributed by atoms with Gasteiger partial charge in [-0.05, 0) is 106 Å². The van der Waals surface area contributed by atoms with Gasteiger partial charge in [0.25, 0.3) is 0 Å². The number of allylic oxidation sites excluding steroid dienone is 4. The molecule has 0 saturated heterocycles. The highest BCUT2D eigenvalue weighted by molar-refractivity contribution is 6.10. The summed E-state index contributed by atoms with van der Waals surface area (Å²) in [6.07, 6.45) is 5.77. The van der Waals surface area contributed by atoms with Gasteiger partial charge in [-0.1, -0.05) is 111 Å². The molecule has 2 aliphatic carbocycles. The van der Waals surface area contributed by atoms with Gasteiger partial charge in [0, 0.05) is 45.4 Å². The third-order valence-electron chi connectivity index (χ3n) is 10.8. The summed E-state index contributed by atoms with van der Waals surface area (Å²) in [4.78, 5) is 2.48. The van der Waals surface area contributed by atoms with Crippen molar-refractivity contribution < 1.29 is 0 Å². The van der Waals surface area contributed by atoms with Crippen LogP contribution in [0.5, 0.6) is 0 Å². The van der Waals surface area contributed by atoms with Crippen LogP contribution in [0.2, 0.25) is 0 Å². The van der Waals surface area contributed by atoms with Crippen LogP contribution in [-0.2, 0) is 12.0 Å². The van der Waals surface area contributed by atoms with Crippen LogP contribution in [0.25, 0.3) is 44.2 Å². The van der Waals surface area contributed by atoms with Gasteiger partial charge < -0.3 is 9.47 Å². The predicted octanol–water partition coefficient (Wildman–Crippen LogP) is 12.1. The van der Waals surface area contributed by atoms with Crippen molar-refractivity contribution in [2.24, 2.45) is 0 Å². The Bertz CT molecular complexity index is 2540. The molecule has 0 spiro atoms. The Hall–Kier alpha value is -6.11. The van der Waals surface area contributed by atoms with E-state index in [0.717, 1.165) is 36.3 Å². The van der Waals surface area contributed by atoms with E-state index in [2.05, 4.69) is 175 Å². The molecule has 9 rings (SSSR count). The van der Waals surface area contributed by atoms with Gasteiger partial charge in [0.15, 0.2) is 0 Å². The number of hydrogen-bond donors (Lipinski definition) is 0. The number of hydrogen-bond acceptors (Lipinski definition) is 2. The molecule has 0 unspecified atom stereocenters. The number of rotatable bonds is 6. The largest absolute Gasteiger partial charge is 0.337 e. The molecule has 3 heteroatoms. The molecule has 3 nitrogen and oxygen atoms in total. The molecule has 0 aliphatic heterocycles. The summed E-state index contributed by atoms with van der Waals surface area (Å²) in [5, 5.41) is 11.8. The second-order valence-electron chi connectivity index (χ2n) is 14.1. The predicted molar refractivity (Wildman–Crippen MR) is 208 cm³/mol. The smallest absolute Gasteiger partial charge is 0.0947 e. The zero-order chi connectivity index (χ0) is 33.8. The maximum atomic E-state index is 9.29. The lowest BCUT2D eigenvalue weighted by Gasteiger charge is -2.28. The van der Waals surface area contributed by atoms with Crippen molar-refractivity contribution in [3.63, 3.8) is 0 Å². The first-order valence-corrected chi connectivity index (χ1v) is 17.5. The van der Waals surface area contributed by atoms with Crippen LogP contribution in [0.15, 0.2) is 157 Å². The average molecular weight is 644 g/mol. The molecule has 6 aromatic carbocycles. The fourth-order valence-electron chi connectivity index (χ4n) is 8.15. The quantitative estimate of drug-likeness (QED) is 0.181. The number of fused-ring (bicyclic) bond motifs is 6. The van der Waals surface area contributed by atoms with Gasteiger partial charge in [-0.2, -0.15) is 5.26 Å². The standard InChI is InChI=1S/C47H37N3/c1-47(2)43-14-8-6-12-39(43)40-26-24-38(29-44(40)47)49(31-33-18-22-35(23-19-33)34-20-16-32(30-48)17-21-34)37-25-27-46-42(28-37)41-13-7-9-15-45(41)50(46)36-10-4-3-5-11-36/h3-16,18-20,22-29H,17,21,31H2,1-2H3. The van der Waals surface area contributed by atoms with Gasteiger partial charge in [0.1, 0.15) is 0 Å². The first-order chi connectivity index (χ1) is 24.5. The Labute approximate surface area is 293 Å². The molecule has 0 bridgehead atoms. The van der Waals surface area contributed by atoms with E-state index in [-0.39, 0.29) is 5.41 Å². The highest BCUT2D eigenvalue weighted by atomic mass is 15.1. The molecular weight excluding hydrogens is 607 g/mol. The van der Waals surface area contributed by atoms with E-state index in [4.69, 9.17) is 0 Å². The lowest BCUT2D eigenvalue weighted by molar-refractivity contribution is 0.660. The van der Waals surface area contributed by atoms with Crippen molar-refractivity contribution >= 4 is 38.8 Å². The van der Waals surface area contributed by atoms with Crippen molar-refractivity contribution in [3.8, 4) is 22.9 Å². The van der Waals surface area contributed by atoms with E-state index in [1.165, 1.54) is 66.4 Å². The molecule has 1 aromatic heterocycles. The van der Waals surface area contributed by atoms with Crippen LogP contribution in [0.3, 0.4) is 0 Å². The molecule has 0 radical (unpaired) electrons. The third kappa shape index (κ3) is 4.87. The summed E-state index contributed by atoms with van der Waals surface area (Å²) < 4.78 is 2.38. The number of nitrogens with zero attached hydrogens (tertiary/aromatic N) is 3. The summed E-state index contributed by atoms with van der Waals surface area (Å²) in [6, 6.07) is 53.6. The van der Waals surface area contributed by atoms with Crippen molar-refractivity contribution in [3.05, 3.63) is 180 Å². The van der Waals surface area contributed by atoms with Gasteiger partial charge in [-0.3, -0.25) is 0 Å². The fourth-order valence-corrected chi connectivity index (χ4v) is 8.15. The Morgan fingerprint density at radius 1 is 0.640 bits per heavy atom. The van der Waals surface area contributed by atoms with E-state index in [0.29, 0.717) is 0 Å². The summed E-state index contributed by atoms with van der Waals surface area (Å²) in [5.74, 6) is 0. The maximum Gasteiger partial charge on any atom is 0.0947 e. The highest BCUT2D eigenvalue weighted by Crippen LogP contribution is 2.50. The number of anilines is 2. The molecule has 1 heterocycles. The monoisotopic (exact) mass is 643 g/mol. The number of aromatic nitrogens is 1. The van der Waals surface area contributed by atoms with Gasteiger partial charge in [-0.25, -0.2) is 0 Å². The van der Waals surface area contributed by atoms with E-state index < -0.39 is 0 Å². The minimum absolute atomic E-state index is 0.0874. The molecule has 0 amide bonds.